The Hall–Kier alpha value is -3.20. The Kier molecular flexibility index (Phi) is 9.21. The summed E-state index contributed by atoms with van der Waals surface area (Å²) in [5, 5.41) is 2.74. The standard InChI is InChI=1S/C27H27IN2O4/c1-19(27(33)30(2)17-21-8-4-3-5-9-21)29-26(32)24-10-6-7-11-25(24)34-18-23(31)16-20-12-14-22(28)15-13-20/h3-15,19H,16-18H2,1-2H3,(H,29,32)/t19-/m0/s1. The van der Waals surface area contributed by atoms with Crippen LogP contribution in [-0.4, -0.2) is 42.2 Å². The van der Waals surface area contributed by atoms with Crippen LogP contribution in [-0.2, 0) is 22.6 Å². The van der Waals surface area contributed by atoms with Crippen LogP contribution in [0.4, 0.5) is 0 Å². The molecule has 1 atom stereocenters. The second kappa shape index (κ2) is 12.3. The molecule has 3 aromatic carbocycles. The third kappa shape index (κ3) is 7.41. The minimum Gasteiger partial charge on any atom is -0.485 e. The van der Waals surface area contributed by atoms with Gasteiger partial charge in [-0.15, -0.1) is 0 Å². The van der Waals surface area contributed by atoms with Gasteiger partial charge in [-0.05, 0) is 64.9 Å². The van der Waals surface area contributed by atoms with Gasteiger partial charge in [0, 0.05) is 23.6 Å². The van der Waals surface area contributed by atoms with Gasteiger partial charge in [-0.25, -0.2) is 0 Å². The zero-order valence-electron chi connectivity index (χ0n) is 19.2. The van der Waals surface area contributed by atoms with Gasteiger partial charge in [-0.1, -0.05) is 54.6 Å². The van der Waals surface area contributed by atoms with Crippen LogP contribution in [0.5, 0.6) is 5.75 Å². The average Bonchev–Trinajstić information content (AvgIpc) is 2.84. The second-order valence-corrected chi connectivity index (χ2v) is 9.25. The largest absolute Gasteiger partial charge is 0.485 e. The molecule has 3 rings (SSSR count). The van der Waals surface area contributed by atoms with Crippen molar-refractivity contribution in [3.8, 4) is 5.75 Å². The molecule has 0 saturated carbocycles. The molecule has 0 heterocycles. The Balaban J connectivity index is 1.57. The highest BCUT2D eigenvalue weighted by Gasteiger charge is 2.22. The molecule has 0 spiro atoms. The van der Waals surface area contributed by atoms with E-state index in [9.17, 15) is 14.4 Å². The number of ether oxygens (including phenoxy) is 1. The van der Waals surface area contributed by atoms with E-state index in [0.717, 1.165) is 14.7 Å². The van der Waals surface area contributed by atoms with Crippen molar-refractivity contribution in [2.75, 3.05) is 13.7 Å². The Morgan fingerprint density at radius 3 is 2.26 bits per heavy atom. The molecule has 3 aromatic rings. The van der Waals surface area contributed by atoms with Crippen molar-refractivity contribution in [3.63, 3.8) is 0 Å². The van der Waals surface area contributed by atoms with Gasteiger partial charge in [0.25, 0.3) is 5.91 Å². The molecule has 0 radical (unpaired) electrons. The van der Waals surface area contributed by atoms with Crippen LogP contribution in [0.2, 0.25) is 0 Å². The van der Waals surface area contributed by atoms with Crippen molar-refractivity contribution >= 4 is 40.2 Å². The van der Waals surface area contributed by atoms with Gasteiger partial charge >= 0.3 is 0 Å². The lowest BCUT2D eigenvalue weighted by Crippen LogP contribution is -2.45. The van der Waals surface area contributed by atoms with Crippen molar-refractivity contribution in [1.29, 1.82) is 0 Å². The fourth-order valence-electron chi connectivity index (χ4n) is 3.42. The molecule has 0 aliphatic rings. The Morgan fingerprint density at radius 1 is 0.912 bits per heavy atom. The fraction of sp³-hybridized carbons (Fsp3) is 0.222. The number of rotatable bonds is 10. The van der Waals surface area contributed by atoms with E-state index in [2.05, 4.69) is 27.9 Å². The molecule has 7 heteroatoms. The van der Waals surface area contributed by atoms with Crippen molar-refractivity contribution in [1.82, 2.24) is 10.2 Å². The topological polar surface area (TPSA) is 75.7 Å². The van der Waals surface area contributed by atoms with Gasteiger partial charge in [0.1, 0.15) is 18.4 Å². The zero-order chi connectivity index (χ0) is 24.5. The molecule has 0 fully saturated rings. The summed E-state index contributed by atoms with van der Waals surface area (Å²) in [5.41, 5.74) is 2.19. The van der Waals surface area contributed by atoms with E-state index in [1.807, 2.05) is 54.6 Å². The molecule has 0 aliphatic heterocycles. The third-order valence-electron chi connectivity index (χ3n) is 5.19. The van der Waals surface area contributed by atoms with Gasteiger partial charge in [0.15, 0.2) is 5.78 Å². The molecule has 1 N–H and O–H groups in total. The van der Waals surface area contributed by atoms with Gasteiger partial charge in [0.2, 0.25) is 5.91 Å². The lowest BCUT2D eigenvalue weighted by atomic mass is 10.1. The van der Waals surface area contributed by atoms with Gasteiger partial charge in [-0.3, -0.25) is 14.4 Å². The van der Waals surface area contributed by atoms with Crippen molar-refractivity contribution in [2.24, 2.45) is 0 Å². The first kappa shape index (κ1) is 25.4. The summed E-state index contributed by atoms with van der Waals surface area (Å²) in [6.45, 7) is 1.95. The first-order valence-electron chi connectivity index (χ1n) is 10.9. The van der Waals surface area contributed by atoms with Crippen LogP contribution in [0.1, 0.15) is 28.4 Å². The number of nitrogens with one attached hydrogen (secondary N) is 1. The molecule has 0 aliphatic carbocycles. The molecular weight excluding hydrogens is 543 g/mol. The van der Waals surface area contributed by atoms with Crippen LogP contribution in [0.15, 0.2) is 78.9 Å². The second-order valence-electron chi connectivity index (χ2n) is 8.00. The number of likely N-dealkylation sites (N-methyl/N-ethyl adjacent to an activating group) is 1. The van der Waals surface area contributed by atoms with Gasteiger partial charge in [-0.2, -0.15) is 0 Å². The van der Waals surface area contributed by atoms with E-state index in [1.54, 1.807) is 43.1 Å². The summed E-state index contributed by atoms with van der Waals surface area (Å²) in [5.74, 6) is -0.436. The molecule has 176 valence electrons. The number of Topliss-reactive ketones (excluding diaryl/α,β-unsaturated/α-hetero) is 1. The summed E-state index contributed by atoms with van der Waals surface area (Å²) in [7, 11) is 1.70. The number of para-hydroxylation sites is 1. The number of carbonyl (C=O) groups is 3. The van der Waals surface area contributed by atoms with E-state index in [4.69, 9.17) is 4.74 Å². The SMILES string of the molecule is C[C@H](NC(=O)c1ccccc1OCC(=O)Cc1ccc(I)cc1)C(=O)N(C)Cc1ccccc1. The van der Waals surface area contributed by atoms with Crippen LogP contribution < -0.4 is 10.1 Å². The van der Waals surface area contributed by atoms with E-state index in [-0.39, 0.29) is 30.3 Å². The minimum atomic E-state index is -0.725. The van der Waals surface area contributed by atoms with Crippen molar-refractivity contribution in [3.05, 3.63) is 99.1 Å². The van der Waals surface area contributed by atoms with E-state index < -0.39 is 11.9 Å². The fourth-order valence-corrected chi connectivity index (χ4v) is 3.78. The maximum absolute atomic E-state index is 12.9. The Labute approximate surface area is 213 Å². The monoisotopic (exact) mass is 570 g/mol. The quantitative estimate of drug-likeness (QED) is 0.370. The van der Waals surface area contributed by atoms with Crippen LogP contribution in [0, 0.1) is 3.57 Å². The van der Waals surface area contributed by atoms with Gasteiger partial charge in [0.05, 0.1) is 5.56 Å². The first-order valence-corrected chi connectivity index (χ1v) is 12.0. The third-order valence-corrected chi connectivity index (χ3v) is 5.91. The normalized spacial score (nSPS) is 11.4. The number of hydrogen-bond acceptors (Lipinski definition) is 4. The minimum absolute atomic E-state index is 0.0949. The van der Waals surface area contributed by atoms with E-state index >= 15 is 0 Å². The zero-order valence-corrected chi connectivity index (χ0v) is 21.3. The van der Waals surface area contributed by atoms with Crippen molar-refractivity contribution in [2.45, 2.75) is 25.9 Å². The number of halogens is 1. The number of nitrogens with zero attached hydrogens (tertiary/aromatic N) is 1. The van der Waals surface area contributed by atoms with Gasteiger partial charge < -0.3 is 15.0 Å². The lowest BCUT2D eigenvalue weighted by Gasteiger charge is -2.22. The first-order chi connectivity index (χ1) is 16.3. The van der Waals surface area contributed by atoms with E-state index in [0.29, 0.717) is 12.3 Å². The summed E-state index contributed by atoms with van der Waals surface area (Å²) in [4.78, 5) is 39.6. The highest BCUT2D eigenvalue weighted by Crippen LogP contribution is 2.18. The number of ketones is 1. The van der Waals surface area contributed by atoms with Crippen LogP contribution in [0.25, 0.3) is 0 Å². The smallest absolute Gasteiger partial charge is 0.255 e. The summed E-state index contributed by atoms with van der Waals surface area (Å²) in [6.07, 6.45) is 0.255. The number of carbonyl (C=O) groups excluding carboxylic acids is 3. The molecule has 0 aromatic heterocycles. The van der Waals surface area contributed by atoms with Crippen LogP contribution >= 0.6 is 22.6 Å². The summed E-state index contributed by atoms with van der Waals surface area (Å²) >= 11 is 2.21. The number of amides is 2. The number of hydrogen-bond donors (Lipinski definition) is 1. The molecule has 6 nitrogen and oxygen atoms in total. The van der Waals surface area contributed by atoms with Crippen LogP contribution in [0.3, 0.4) is 0 Å². The molecule has 2 amide bonds. The predicted octanol–water partition coefficient (Wildman–Crippen LogP) is 4.26. The average molecular weight is 570 g/mol. The highest BCUT2D eigenvalue weighted by molar-refractivity contribution is 14.1. The molecule has 0 saturated heterocycles. The maximum Gasteiger partial charge on any atom is 0.255 e. The summed E-state index contributed by atoms with van der Waals surface area (Å²) in [6, 6.07) is 23.3. The molecule has 34 heavy (non-hydrogen) atoms. The Bertz CT molecular complexity index is 1130. The predicted molar refractivity (Wildman–Crippen MR) is 140 cm³/mol. The maximum atomic E-state index is 12.9. The van der Waals surface area contributed by atoms with Crippen molar-refractivity contribution < 1.29 is 19.1 Å². The Morgan fingerprint density at radius 2 is 1.56 bits per heavy atom. The molecule has 0 bridgehead atoms. The molecule has 0 unspecified atom stereocenters. The summed E-state index contributed by atoms with van der Waals surface area (Å²) < 4.78 is 6.78. The number of benzene rings is 3. The molecular formula is C27H27IN2O4. The van der Waals surface area contributed by atoms with E-state index in [1.165, 1.54) is 0 Å². The highest BCUT2D eigenvalue weighted by atomic mass is 127. The lowest BCUT2D eigenvalue weighted by molar-refractivity contribution is -0.132.